The van der Waals surface area contributed by atoms with Crippen molar-refractivity contribution in [2.24, 2.45) is 0 Å². The van der Waals surface area contributed by atoms with Gasteiger partial charge in [0.15, 0.2) is 0 Å². The number of nitrogens with zero attached hydrogens (tertiary/aromatic N) is 2. The molecular formula is C45H30N2O. The third-order valence-electron chi connectivity index (χ3n) is 9.15. The number of furan rings is 1. The van der Waals surface area contributed by atoms with Gasteiger partial charge in [-0.3, -0.25) is 0 Å². The molecule has 3 nitrogen and oxygen atoms in total. The lowest BCUT2D eigenvalue weighted by Crippen LogP contribution is -2.09. The maximum atomic E-state index is 5.97. The van der Waals surface area contributed by atoms with Crippen LogP contribution >= 0.6 is 0 Å². The van der Waals surface area contributed by atoms with Crippen LogP contribution in [0.4, 0.5) is 17.1 Å². The molecule has 0 aliphatic carbocycles. The molecular weight excluding hydrogens is 585 g/mol. The van der Waals surface area contributed by atoms with E-state index >= 15 is 0 Å². The lowest BCUT2D eigenvalue weighted by Gasteiger charge is -2.26. The van der Waals surface area contributed by atoms with E-state index in [0.717, 1.165) is 44.5 Å². The van der Waals surface area contributed by atoms with Crippen LogP contribution < -0.4 is 4.90 Å². The Morgan fingerprint density at radius 3 is 1.65 bits per heavy atom. The van der Waals surface area contributed by atoms with Gasteiger partial charge < -0.3 is 9.32 Å². The molecule has 9 aromatic rings. The number of hydrogen-bond acceptors (Lipinski definition) is 3. The van der Waals surface area contributed by atoms with Gasteiger partial charge in [0.25, 0.3) is 0 Å². The van der Waals surface area contributed by atoms with E-state index < -0.39 is 0 Å². The van der Waals surface area contributed by atoms with Crippen molar-refractivity contribution < 1.29 is 4.42 Å². The number of pyridine rings is 1. The van der Waals surface area contributed by atoms with Gasteiger partial charge >= 0.3 is 0 Å². The first-order chi connectivity index (χ1) is 23.8. The fraction of sp³-hybridized carbons (Fsp3) is 0. The molecule has 0 saturated heterocycles. The molecule has 7 aromatic carbocycles. The molecule has 0 spiro atoms. The topological polar surface area (TPSA) is 29.3 Å². The minimum Gasteiger partial charge on any atom is -0.438 e. The normalized spacial score (nSPS) is 11.3. The largest absolute Gasteiger partial charge is 0.438 e. The summed E-state index contributed by atoms with van der Waals surface area (Å²) in [7, 11) is 0. The van der Waals surface area contributed by atoms with Crippen LogP contribution in [0.1, 0.15) is 0 Å². The maximum Gasteiger partial charge on any atom is 0.227 e. The monoisotopic (exact) mass is 614 g/mol. The molecule has 3 heteroatoms. The van der Waals surface area contributed by atoms with Crippen molar-refractivity contribution in [3.05, 3.63) is 182 Å². The van der Waals surface area contributed by atoms with Crippen LogP contribution in [-0.4, -0.2) is 4.98 Å². The first-order valence-electron chi connectivity index (χ1n) is 16.2. The fourth-order valence-corrected chi connectivity index (χ4v) is 6.72. The van der Waals surface area contributed by atoms with Crippen LogP contribution in [-0.2, 0) is 0 Å². The van der Waals surface area contributed by atoms with Crippen LogP contribution in [0.25, 0.3) is 66.2 Å². The smallest absolute Gasteiger partial charge is 0.227 e. The van der Waals surface area contributed by atoms with Crippen LogP contribution in [0, 0.1) is 0 Å². The standard InChI is InChI=1S/C45H30N2O/c1-2-9-31(10-3-1)32-17-23-37(24-18-32)47(39-27-21-35(22-28-39)41-15-8-12-34-11-4-5-13-40(34)41)38-25-19-33(20-26-38)36-29-43-42-14-6-7-16-44(42)48-45(43)46-30-36/h1-30H. The number of rotatable bonds is 6. The molecule has 0 fully saturated rings. The van der Waals surface area contributed by atoms with Gasteiger partial charge in [-0.1, -0.05) is 127 Å². The van der Waals surface area contributed by atoms with Gasteiger partial charge in [-0.05, 0) is 87.1 Å². The van der Waals surface area contributed by atoms with E-state index in [0.29, 0.717) is 5.71 Å². The van der Waals surface area contributed by atoms with E-state index in [2.05, 4.69) is 168 Å². The highest BCUT2D eigenvalue weighted by atomic mass is 16.3. The van der Waals surface area contributed by atoms with Gasteiger partial charge in [-0.2, -0.15) is 0 Å². The van der Waals surface area contributed by atoms with Gasteiger partial charge in [-0.15, -0.1) is 0 Å². The van der Waals surface area contributed by atoms with Crippen molar-refractivity contribution in [3.8, 4) is 33.4 Å². The number of fused-ring (bicyclic) bond motifs is 4. The summed E-state index contributed by atoms with van der Waals surface area (Å²) in [6, 6.07) is 62.3. The Bertz CT molecular complexity index is 2530. The lowest BCUT2D eigenvalue weighted by atomic mass is 9.98. The Labute approximate surface area is 279 Å². The highest BCUT2D eigenvalue weighted by Crippen LogP contribution is 2.39. The molecule has 0 amide bonds. The number of aromatic nitrogens is 1. The number of benzene rings is 7. The summed E-state index contributed by atoms with van der Waals surface area (Å²) >= 11 is 0. The van der Waals surface area contributed by atoms with E-state index in [4.69, 9.17) is 4.42 Å². The fourth-order valence-electron chi connectivity index (χ4n) is 6.72. The summed E-state index contributed by atoms with van der Waals surface area (Å²) in [5.41, 5.74) is 11.8. The van der Waals surface area contributed by atoms with E-state index in [-0.39, 0.29) is 0 Å². The van der Waals surface area contributed by atoms with Crippen LogP contribution in [0.5, 0.6) is 0 Å². The second-order valence-corrected chi connectivity index (χ2v) is 12.0. The summed E-state index contributed by atoms with van der Waals surface area (Å²) < 4.78 is 5.97. The third kappa shape index (κ3) is 4.99. The van der Waals surface area contributed by atoms with Crippen molar-refractivity contribution in [2.45, 2.75) is 0 Å². The van der Waals surface area contributed by atoms with E-state index in [1.807, 2.05) is 24.4 Å². The van der Waals surface area contributed by atoms with Crippen molar-refractivity contribution in [1.29, 1.82) is 0 Å². The van der Waals surface area contributed by atoms with Crippen molar-refractivity contribution >= 4 is 49.9 Å². The van der Waals surface area contributed by atoms with E-state index in [1.165, 1.54) is 33.0 Å². The van der Waals surface area contributed by atoms with Crippen molar-refractivity contribution in [1.82, 2.24) is 4.98 Å². The van der Waals surface area contributed by atoms with Gasteiger partial charge in [0.05, 0.1) is 0 Å². The number of hydrogen-bond donors (Lipinski definition) is 0. The Hall–Kier alpha value is -6.45. The minimum absolute atomic E-state index is 0.661. The molecule has 226 valence electrons. The van der Waals surface area contributed by atoms with E-state index in [1.54, 1.807) is 0 Å². The first-order valence-corrected chi connectivity index (χ1v) is 16.2. The molecule has 48 heavy (non-hydrogen) atoms. The van der Waals surface area contributed by atoms with Crippen LogP contribution in [0.15, 0.2) is 187 Å². The Morgan fingerprint density at radius 1 is 0.396 bits per heavy atom. The summed E-state index contributed by atoms with van der Waals surface area (Å²) in [6.07, 6.45) is 1.89. The van der Waals surface area contributed by atoms with Gasteiger partial charge in [-0.25, -0.2) is 4.98 Å². The van der Waals surface area contributed by atoms with Crippen LogP contribution in [0.2, 0.25) is 0 Å². The Kier molecular flexibility index (Phi) is 6.80. The summed E-state index contributed by atoms with van der Waals surface area (Å²) in [4.78, 5) is 6.97. The first kappa shape index (κ1) is 27.8. The van der Waals surface area contributed by atoms with Crippen molar-refractivity contribution in [3.63, 3.8) is 0 Å². The molecule has 0 N–H and O–H groups in total. The minimum atomic E-state index is 0.661. The zero-order valence-corrected chi connectivity index (χ0v) is 26.1. The summed E-state index contributed by atoms with van der Waals surface area (Å²) in [5.74, 6) is 0. The molecule has 0 saturated carbocycles. The van der Waals surface area contributed by atoms with E-state index in [9.17, 15) is 0 Å². The zero-order valence-electron chi connectivity index (χ0n) is 26.1. The number of para-hydroxylation sites is 1. The van der Waals surface area contributed by atoms with Gasteiger partial charge in [0, 0.05) is 39.6 Å². The average molecular weight is 615 g/mol. The molecule has 0 atom stereocenters. The molecule has 0 aliphatic rings. The second kappa shape index (κ2) is 11.7. The molecule has 2 aromatic heterocycles. The summed E-state index contributed by atoms with van der Waals surface area (Å²) in [5, 5.41) is 4.61. The highest BCUT2D eigenvalue weighted by molar-refractivity contribution is 6.04. The quantitative estimate of drug-likeness (QED) is 0.187. The van der Waals surface area contributed by atoms with Gasteiger partial charge in [0.2, 0.25) is 5.71 Å². The molecule has 0 unspecified atom stereocenters. The van der Waals surface area contributed by atoms with Gasteiger partial charge in [0.1, 0.15) is 5.58 Å². The Morgan fingerprint density at radius 2 is 0.938 bits per heavy atom. The lowest BCUT2D eigenvalue weighted by molar-refractivity contribution is 0.654. The molecule has 0 aliphatic heterocycles. The predicted octanol–water partition coefficient (Wildman–Crippen LogP) is 12.6. The molecule has 0 bridgehead atoms. The maximum absolute atomic E-state index is 5.97. The second-order valence-electron chi connectivity index (χ2n) is 12.0. The third-order valence-corrected chi connectivity index (χ3v) is 9.15. The molecule has 2 heterocycles. The average Bonchev–Trinajstić information content (AvgIpc) is 3.54. The zero-order chi connectivity index (χ0) is 31.9. The Balaban J connectivity index is 1.10. The molecule has 9 rings (SSSR count). The predicted molar refractivity (Wildman–Crippen MR) is 200 cm³/mol. The van der Waals surface area contributed by atoms with Crippen molar-refractivity contribution in [2.75, 3.05) is 4.90 Å². The highest BCUT2D eigenvalue weighted by Gasteiger charge is 2.15. The SMILES string of the molecule is c1ccc(-c2ccc(N(c3ccc(-c4cnc5oc6ccccc6c5c4)cc3)c3ccc(-c4cccc5ccccc45)cc3)cc2)cc1. The number of anilines is 3. The van der Waals surface area contributed by atoms with Crippen LogP contribution in [0.3, 0.4) is 0 Å². The molecule has 0 radical (unpaired) electrons. The summed E-state index contributed by atoms with van der Waals surface area (Å²) in [6.45, 7) is 0.